The zero-order chi connectivity index (χ0) is 23.8. The second-order valence-electron chi connectivity index (χ2n) is 7.67. The summed E-state index contributed by atoms with van der Waals surface area (Å²) in [7, 11) is 1.52. The monoisotopic (exact) mass is 456 g/mol. The molecule has 4 aromatic rings. The lowest BCUT2D eigenvalue weighted by Gasteiger charge is -2.16. The fourth-order valence-electron chi connectivity index (χ4n) is 4.00. The average molecular weight is 456 g/mol. The largest absolute Gasteiger partial charge is 0.497 e. The van der Waals surface area contributed by atoms with Crippen molar-refractivity contribution in [3.8, 4) is 5.75 Å². The first kappa shape index (κ1) is 21.3. The molecule has 0 aromatic heterocycles. The van der Waals surface area contributed by atoms with E-state index in [0.717, 1.165) is 27.8 Å². The van der Waals surface area contributed by atoms with Crippen molar-refractivity contribution in [2.24, 2.45) is 0 Å². The highest BCUT2D eigenvalue weighted by Gasteiger charge is 2.40. The Bertz CT molecular complexity index is 1470. The summed E-state index contributed by atoms with van der Waals surface area (Å²) in [6, 6.07) is 22.8. The molecule has 1 aliphatic heterocycles. The Morgan fingerprint density at radius 3 is 2.26 bits per heavy atom. The zero-order valence-electron chi connectivity index (χ0n) is 18.0. The third kappa shape index (κ3) is 3.57. The molecule has 0 spiro atoms. The van der Waals surface area contributed by atoms with E-state index in [1.807, 2.05) is 36.4 Å². The summed E-state index contributed by atoms with van der Waals surface area (Å²) in [6.07, 6.45) is 0. The van der Waals surface area contributed by atoms with Gasteiger partial charge in [0.15, 0.2) is 11.6 Å². The second-order valence-corrected chi connectivity index (χ2v) is 7.67. The van der Waals surface area contributed by atoms with E-state index >= 15 is 0 Å². The van der Waals surface area contributed by atoms with Crippen LogP contribution in [-0.4, -0.2) is 18.9 Å². The highest BCUT2D eigenvalue weighted by Crippen LogP contribution is 2.36. The van der Waals surface area contributed by atoms with E-state index in [1.165, 1.54) is 13.2 Å². The number of carbonyl (C=O) groups is 2. The average Bonchev–Trinajstić information content (AvgIpc) is 3.10. The van der Waals surface area contributed by atoms with E-state index in [0.29, 0.717) is 17.0 Å². The van der Waals surface area contributed by atoms with Crippen LogP contribution in [0, 0.1) is 11.6 Å². The first-order valence-electron chi connectivity index (χ1n) is 10.5. The number of nitrogens with one attached hydrogen (secondary N) is 1. The van der Waals surface area contributed by atoms with Gasteiger partial charge in [0.05, 0.1) is 18.4 Å². The summed E-state index contributed by atoms with van der Waals surface area (Å²) >= 11 is 0. The van der Waals surface area contributed by atoms with Gasteiger partial charge in [-0.15, -0.1) is 0 Å². The number of nitrogens with zero attached hydrogens (tertiary/aromatic N) is 1. The molecule has 168 valence electrons. The van der Waals surface area contributed by atoms with Gasteiger partial charge in [0.25, 0.3) is 11.8 Å². The summed E-state index contributed by atoms with van der Waals surface area (Å²) in [5.41, 5.74) is 1.20. The quantitative estimate of drug-likeness (QED) is 0.402. The fourth-order valence-corrected chi connectivity index (χ4v) is 4.00. The molecule has 2 amide bonds. The van der Waals surface area contributed by atoms with Crippen LogP contribution in [0.5, 0.6) is 5.75 Å². The maximum Gasteiger partial charge on any atom is 0.282 e. The third-order valence-electron chi connectivity index (χ3n) is 5.67. The van der Waals surface area contributed by atoms with Crippen LogP contribution in [0.2, 0.25) is 0 Å². The molecule has 1 N–H and O–H groups in total. The smallest absolute Gasteiger partial charge is 0.282 e. The molecule has 1 heterocycles. The van der Waals surface area contributed by atoms with Crippen LogP contribution in [0.1, 0.15) is 5.56 Å². The number of carbonyl (C=O) groups excluding carboxylic acids is 2. The molecule has 0 atom stereocenters. The minimum Gasteiger partial charge on any atom is -0.497 e. The van der Waals surface area contributed by atoms with Gasteiger partial charge in [0.2, 0.25) is 0 Å². The molecule has 5 nitrogen and oxygen atoms in total. The van der Waals surface area contributed by atoms with Gasteiger partial charge in [-0.2, -0.15) is 0 Å². The van der Waals surface area contributed by atoms with E-state index in [9.17, 15) is 18.4 Å². The molecule has 4 aromatic carbocycles. The first-order chi connectivity index (χ1) is 16.5. The molecule has 0 saturated carbocycles. The minimum absolute atomic E-state index is 0.0382. The number of hydrogen-bond donors (Lipinski definition) is 1. The number of fused-ring (bicyclic) bond motifs is 1. The van der Waals surface area contributed by atoms with E-state index in [2.05, 4.69) is 5.32 Å². The van der Waals surface area contributed by atoms with E-state index in [4.69, 9.17) is 4.74 Å². The molecular weight excluding hydrogens is 438 g/mol. The summed E-state index contributed by atoms with van der Waals surface area (Å²) in [5, 5.41) is 4.95. The van der Waals surface area contributed by atoms with E-state index in [1.54, 1.807) is 30.3 Å². The molecule has 0 unspecified atom stereocenters. The van der Waals surface area contributed by atoms with Gasteiger partial charge in [-0.25, -0.2) is 13.7 Å². The van der Waals surface area contributed by atoms with Gasteiger partial charge in [0.1, 0.15) is 11.4 Å². The Labute approximate surface area is 193 Å². The van der Waals surface area contributed by atoms with Crippen LogP contribution in [0.15, 0.2) is 90.6 Å². The van der Waals surface area contributed by atoms with Gasteiger partial charge in [-0.3, -0.25) is 9.59 Å². The van der Waals surface area contributed by atoms with E-state index < -0.39 is 23.4 Å². The lowest BCUT2D eigenvalue weighted by atomic mass is 10.0. The predicted octanol–water partition coefficient (Wildman–Crippen LogP) is 5.52. The number of methoxy groups -OCH3 is 1. The van der Waals surface area contributed by atoms with Crippen molar-refractivity contribution < 1.29 is 23.1 Å². The van der Waals surface area contributed by atoms with Crippen molar-refractivity contribution >= 4 is 39.5 Å². The van der Waals surface area contributed by atoms with Crippen LogP contribution in [0.3, 0.4) is 0 Å². The maximum absolute atomic E-state index is 13.9. The van der Waals surface area contributed by atoms with Crippen LogP contribution in [0.25, 0.3) is 16.3 Å². The van der Waals surface area contributed by atoms with Crippen molar-refractivity contribution in [1.82, 2.24) is 0 Å². The number of anilines is 2. The number of rotatable bonds is 5. The van der Waals surface area contributed by atoms with Gasteiger partial charge >= 0.3 is 0 Å². The normalized spacial score (nSPS) is 13.7. The Morgan fingerprint density at radius 1 is 0.794 bits per heavy atom. The summed E-state index contributed by atoms with van der Waals surface area (Å²) in [5.74, 6) is -2.96. The van der Waals surface area contributed by atoms with E-state index in [-0.39, 0.29) is 17.0 Å². The molecule has 34 heavy (non-hydrogen) atoms. The first-order valence-corrected chi connectivity index (χ1v) is 10.5. The summed E-state index contributed by atoms with van der Waals surface area (Å²) < 4.78 is 32.6. The maximum atomic E-state index is 13.9. The molecule has 0 bridgehead atoms. The number of benzene rings is 4. The third-order valence-corrected chi connectivity index (χ3v) is 5.67. The van der Waals surface area contributed by atoms with Crippen molar-refractivity contribution in [2.45, 2.75) is 0 Å². The number of imide groups is 1. The predicted molar refractivity (Wildman–Crippen MR) is 126 cm³/mol. The molecule has 7 heteroatoms. The number of halogens is 2. The highest BCUT2D eigenvalue weighted by molar-refractivity contribution is 6.46. The Hall–Kier alpha value is -4.52. The molecule has 0 radical (unpaired) electrons. The minimum atomic E-state index is -1.15. The van der Waals surface area contributed by atoms with Gasteiger partial charge in [-0.1, -0.05) is 48.5 Å². The van der Waals surface area contributed by atoms with Crippen LogP contribution >= 0.6 is 0 Å². The van der Waals surface area contributed by atoms with Crippen LogP contribution in [-0.2, 0) is 9.59 Å². The molecule has 0 aliphatic carbocycles. The van der Waals surface area contributed by atoms with Crippen molar-refractivity contribution in [3.63, 3.8) is 0 Å². The molecule has 0 fully saturated rings. The fraction of sp³-hybridized carbons (Fsp3) is 0.0370. The Kier molecular flexibility index (Phi) is 5.30. The number of amides is 2. The molecule has 0 saturated heterocycles. The molecular formula is C27H18F2N2O3. The summed E-state index contributed by atoms with van der Waals surface area (Å²) in [4.78, 5) is 27.8. The molecule has 1 aliphatic rings. The van der Waals surface area contributed by atoms with Gasteiger partial charge in [0, 0.05) is 17.1 Å². The second kappa shape index (κ2) is 8.44. The van der Waals surface area contributed by atoms with Crippen LogP contribution in [0.4, 0.5) is 20.2 Å². The Morgan fingerprint density at radius 2 is 1.53 bits per heavy atom. The lowest BCUT2D eigenvalue weighted by Crippen LogP contribution is -2.32. The van der Waals surface area contributed by atoms with Crippen molar-refractivity contribution in [1.29, 1.82) is 0 Å². The van der Waals surface area contributed by atoms with Gasteiger partial charge in [-0.05, 0) is 41.3 Å². The lowest BCUT2D eigenvalue weighted by molar-refractivity contribution is -0.120. The van der Waals surface area contributed by atoms with Crippen LogP contribution < -0.4 is 15.0 Å². The Balaban J connectivity index is 1.65. The van der Waals surface area contributed by atoms with Gasteiger partial charge < -0.3 is 10.1 Å². The SMILES string of the molecule is COc1ccc(C2=C(Nc3cccc4ccccc34)C(=O)N(c3ccc(F)c(F)c3)C2=O)cc1. The van der Waals surface area contributed by atoms with Crippen molar-refractivity contribution in [3.05, 3.63) is 108 Å². The topological polar surface area (TPSA) is 58.6 Å². The summed E-state index contributed by atoms with van der Waals surface area (Å²) in [6.45, 7) is 0. The zero-order valence-corrected chi connectivity index (χ0v) is 18.0. The number of hydrogen-bond acceptors (Lipinski definition) is 4. The standard InChI is InChI=1S/C27H18F2N2O3/c1-34-19-12-9-17(10-13-19)24-25(30-23-8-4-6-16-5-2-3-7-20(16)23)27(33)31(26(24)32)18-11-14-21(28)22(29)15-18/h2-15,30H,1H3. The number of ether oxygens (including phenoxy) is 1. The molecule has 5 rings (SSSR count). The highest BCUT2D eigenvalue weighted by atomic mass is 19.2. The van der Waals surface area contributed by atoms with Crippen molar-refractivity contribution in [2.75, 3.05) is 17.3 Å².